The lowest BCUT2D eigenvalue weighted by molar-refractivity contribution is -0.163. The largest absolute Gasteiger partial charge is 0.481 e. The fraction of sp³-hybridized carbons (Fsp3) is 0.619. The van der Waals surface area contributed by atoms with Crippen molar-refractivity contribution in [2.45, 2.75) is 31.8 Å². The van der Waals surface area contributed by atoms with E-state index in [1.807, 2.05) is 24.3 Å². The summed E-state index contributed by atoms with van der Waals surface area (Å²) in [6.45, 7) is 3.53. The summed E-state index contributed by atoms with van der Waals surface area (Å²) < 4.78 is 5.37. The third kappa shape index (κ3) is 3.73. The zero-order valence-electron chi connectivity index (χ0n) is 16.0. The van der Waals surface area contributed by atoms with Crippen molar-refractivity contribution >= 4 is 17.6 Å². The van der Waals surface area contributed by atoms with Gasteiger partial charge in [0.25, 0.3) is 5.91 Å². The molecule has 0 unspecified atom stereocenters. The number of aliphatic carboxylic acids is 1. The third-order valence-electron chi connectivity index (χ3n) is 6.34. The van der Waals surface area contributed by atoms with E-state index < -0.39 is 17.5 Å². The van der Waals surface area contributed by atoms with Gasteiger partial charge in [0.1, 0.15) is 5.41 Å². The van der Waals surface area contributed by atoms with Crippen LogP contribution in [0.3, 0.4) is 0 Å². The normalized spacial score (nSPS) is 28.2. The number of piperidine rings is 1. The number of carbonyl (C=O) groups excluding carboxylic acids is 1. The molecule has 3 aliphatic rings. The van der Waals surface area contributed by atoms with E-state index in [0.717, 1.165) is 31.6 Å². The molecule has 2 aliphatic heterocycles. The van der Waals surface area contributed by atoms with Crippen LogP contribution >= 0.6 is 0 Å². The number of carbonyl (C=O) groups is 2. The van der Waals surface area contributed by atoms with Crippen molar-refractivity contribution in [2.24, 2.45) is 11.3 Å². The lowest BCUT2D eigenvalue weighted by Gasteiger charge is -2.43. The van der Waals surface area contributed by atoms with Gasteiger partial charge in [-0.25, -0.2) is 0 Å². The maximum Gasteiger partial charge on any atom is 0.314 e. The maximum absolute atomic E-state index is 13.0. The number of anilines is 1. The number of hydrogen-bond acceptors (Lipinski definition) is 5. The fourth-order valence-corrected chi connectivity index (χ4v) is 4.41. The smallest absolute Gasteiger partial charge is 0.314 e. The van der Waals surface area contributed by atoms with E-state index in [-0.39, 0.29) is 12.5 Å². The van der Waals surface area contributed by atoms with E-state index in [4.69, 9.17) is 4.74 Å². The van der Waals surface area contributed by atoms with Crippen LogP contribution in [0.25, 0.3) is 0 Å². The van der Waals surface area contributed by atoms with Gasteiger partial charge in [-0.3, -0.25) is 9.59 Å². The minimum atomic E-state index is -1.25. The number of benzene rings is 1. The molecule has 1 aliphatic carbocycles. The molecule has 7 nitrogen and oxygen atoms in total. The highest BCUT2D eigenvalue weighted by atomic mass is 16.5. The van der Waals surface area contributed by atoms with Gasteiger partial charge < -0.3 is 24.7 Å². The SMILES string of the molecule is O=C(c1ccc(N2CCOCC2)cc1)N1CC[C@@H](O)[C@](CC2CC2)(C(=O)O)C1. The number of nitrogens with zero attached hydrogens (tertiary/aromatic N) is 2. The van der Waals surface area contributed by atoms with E-state index in [2.05, 4.69) is 4.90 Å². The second kappa shape index (κ2) is 7.72. The molecule has 152 valence electrons. The molecule has 0 radical (unpaired) electrons. The molecular weight excluding hydrogens is 360 g/mol. The van der Waals surface area contributed by atoms with Gasteiger partial charge in [-0.05, 0) is 43.0 Å². The molecule has 1 aromatic rings. The Hall–Kier alpha value is -2.12. The lowest BCUT2D eigenvalue weighted by atomic mass is 9.73. The number of aliphatic hydroxyl groups excluding tert-OH is 1. The van der Waals surface area contributed by atoms with Gasteiger partial charge in [0.2, 0.25) is 0 Å². The second-order valence-electron chi connectivity index (χ2n) is 8.29. The first-order valence-corrected chi connectivity index (χ1v) is 10.1. The Kier molecular flexibility index (Phi) is 5.29. The van der Waals surface area contributed by atoms with Crippen LogP contribution in [-0.4, -0.2) is 72.5 Å². The second-order valence-corrected chi connectivity index (χ2v) is 8.29. The Morgan fingerprint density at radius 2 is 1.75 bits per heavy atom. The van der Waals surface area contributed by atoms with Crippen LogP contribution in [0.1, 0.15) is 36.0 Å². The highest BCUT2D eigenvalue weighted by molar-refractivity contribution is 5.95. The summed E-state index contributed by atoms with van der Waals surface area (Å²) in [5.41, 5.74) is 0.365. The summed E-state index contributed by atoms with van der Waals surface area (Å²) >= 11 is 0. The predicted octanol–water partition coefficient (Wildman–Crippen LogP) is 1.60. The molecule has 4 rings (SSSR count). The Morgan fingerprint density at radius 1 is 1.07 bits per heavy atom. The number of carboxylic acids is 1. The highest BCUT2D eigenvalue weighted by Crippen LogP contribution is 2.45. The fourth-order valence-electron chi connectivity index (χ4n) is 4.41. The standard InChI is InChI=1S/C21H28N2O5/c24-18-7-8-23(14-21(18,20(26)27)13-15-1-2-15)19(25)16-3-5-17(6-4-16)22-9-11-28-12-10-22/h3-6,15,18,24H,1-2,7-14H2,(H,26,27)/t18-,21-/m1/s1. The number of amides is 1. The first kappa shape index (κ1) is 19.2. The summed E-state index contributed by atoms with van der Waals surface area (Å²) in [6.07, 6.45) is 1.87. The minimum Gasteiger partial charge on any atom is -0.481 e. The maximum atomic E-state index is 13.0. The van der Waals surface area contributed by atoms with Crippen molar-refractivity contribution in [2.75, 3.05) is 44.3 Å². The van der Waals surface area contributed by atoms with Gasteiger partial charge in [-0.2, -0.15) is 0 Å². The van der Waals surface area contributed by atoms with Crippen molar-refractivity contribution in [3.8, 4) is 0 Å². The highest BCUT2D eigenvalue weighted by Gasteiger charge is 2.52. The van der Waals surface area contributed by atoms with Crippen LogP contribution in [0.2, 0.25) is 0 Å². The number of carboxylic acid groups (broad SMARTS) is 1. The van der Waals surface area contributed by atoms with Crippen LogP contribution in [0.15, 0.2) is 24.3 Å². The van der Waals surface area contributed by atoms with Gasteiger partial charge in [0.05, 0.1) is 19.3 Å². The number of ether oxygens (including phenoxy) is 1. The zero-order chi connectivity index (χ0) is 19.7. The summed E-state index contributed by atoms with van der Waals surface area (Å²) in [4.78, 5) is 28.9. The lowest BCUT2D eigenvalue weighted by Crippen LogP contribution is -2.57. The molecule has 1 amide bonds. The monoisotopic (exact) mass is 388 g/mol. The average Bonchev–Trinajstić information content (AvgIpc) is 3.54. The Labute approximate surface area is 164 Å². The molecule has 0 aromatic heterocycles. The summed E-state index contributed by atoms with van der Waals surface area (Å²) in [6, 6.07) is 7.49. The molecule has 2 atom stereocenters. The van der Waals surface area contributed by atoms with Crippen LogP contribution in [0.5, 0.6) is 0 Å². The molecule has 1 aromatic carbocycles. The number of morpholine rings is 1. The molecule has 0 bridgehead atoms. The van der Waals surface area contributed by atoms with Gasteiger partial charge in [-0.1, -0.05) is 12.8 Å². The molecule has 1 saturated carbocycles. The Bertz CT molecular complexity index is 727. The zero-order valence-corrected chi connectivity index (χ0v) is 16.0. The summed E-state index contributed by atoms with van der Waals surface area (Å²) in [5.74, 6) is -0.803. The predicted molar refractivity (Wildman–Crippen MR) is 103 cm³/mol. The molecule has 28 heavy (non-hydrogen) atoms. The van der Waals surface area contributed by atoms with Crippen LogP contribution in [-0.2, 0) is 9.53 Å². The topological polar surface area (TPSA) is 90.3 Å². The third-order valence-corrected chi connectivity index (χ3v) is 6.34. The first-order valence-electron chi connectivity index (χ1n) is 10.1. The van der Waals surface area contributed by atoms with Gasteiger partial charge >= 0.3 is 5.97 Å². The van der Waals surface area contributed by atoms with Crippen molar-refractivity contribution < 1.29 is 24.5 Å². The quantitative estimate of drug-likeness (QED) is 0.796. The van der Waals surface area contributed by atoms with Crippen LogP contribution < -0.4 is 4.90 Å². The van der Waals surface area contributed by atoms with E-state index >= 15 is 0 Å². The number of aliphatic hydroxyl groups is 1. The van der Waals surface area contributed by atoms with E-state index in [9.17, 15) is 19.8 Å². The summed E-state index contributed by atoms with van der Waals surface area (Å²) in [7, 11) is 0. The Balaban J connectivity index is 1.48. The molecule has 2 heterocycles. The van der Waals surface area contributed by atoms with Crippen molar-refractivity contribution in [1.29, 1.82) is 0 Å². The van der Waals surface area contributed by atoms with Crippen molar-refractivity contribution in [1.82, 2.24) is 4.90 Å². The summed E-state index contributed by atoms with van der Waals surface area (Å²) in [5, 5.41) is 20.4. The van der Waals surface area contributed by atoms with E-state index in [1.165, 1.54) is 0 Å². The molecule has 2 saturated heterocycles. The Morgan fingerprint density at radius 3 is 2.36 bits per heavy atom. The van der Waals surface area contributed by atoms with Gasteiger partial charge in [-0.15, -0.1) is 0 Å². The molecular formula is C21H28N2O5. The van der Waals surface area contributed by atoms with Crippen LogP contribution in [0.4, 0.5) is 5.69 Å². The molecule has 7 heteroatoms. The van der Waals surface area contributed by atoms with Crippen LogP contribution in [0, 0.1) is 11.3 Å². The van der Waals surface area contributed by atoms with E-state index in [1.54, 1.807) is 4.90 Å². The van der Waals surface area contributed by atoms with Gasteiger partial charge in [0, 0.05) is 37.4 Å². The molecule has 2 N–H and O–H groups in total. The van der Waals surface area contributed by atoms with E-state index in [0.29, 0.717) is 44.1 Å². The number of rotatable bonds is 5. The molecule has 0 spiro atoms. The first-order chi connectivity index (χ1) is 13.5. The van der Waals surface area contributed by atoms with Gasteiger partial charge in [0.15, 0.2) is 0 Å². The van der Waals surface area contributed by atoms with Crippen molar-refractivity contribution in [3.63, 3.8) is 0 Å². The minimum absolute atomic E-state index is 0.0735. The van der Waals surface area contributed by atoms with Crippen molar-refractivity contribution in [3.05, 3.63) is 29.8 Å². The average molecular weight is 388 g/mol. The molecule has 3 fully saturated rings. The number of hydrogen-bond donors (Lipinski definition) is 2. The number of likely N-dealkylation sites (tertiary alicyclic amines) is 1.